The average Bonchev–Trinajstić information content (AvgIpc) is 3.11. The molecule has 1 aliphatic carbocycles. The van der Waals surface area contributed by atoms with Crippen molar-refractivity contribution in [3.63, 3.8) is 0 Å². The number of methoxy groups -OCH3 is 4. The number of hydrogen-bond acceptors (Lipinski definition) is 6. The second-order valence-corrected chi connectivity index (χ2v) is 6.64. The fraction of sp³-hybridized carbons (Fsp3) is 0.318. The second kappa shape index (κ2) is 7.46. The van der Waals surface area contributed by atoms with E-state index in [0.29, 0.717) is 22.8 Å². The van der Waals surface area contributed by atoms with Gasteiger partial charge in [-0.2, -0.15) is 0 Å². The zero-order chi connectivity index (χ0) is 19.7. The highest BCUT2D eigenvalue weighted by Crippen LogP contribution is 2.45. The number of benzene rings is 2. The number of rotatable bonds is 6. The zero-order valence-electron chi connectivity index (χ0n) is 16.5. The summed E-state index contributed by atoms with van der Waals surface area (Å²) in [6.45, 7) is 0. The molecular formula is C22H23NO5. The summed E-state index contributed by atoms with van der Waals surface area (Å²) in [5.74, 6) is 2.54. The third kappa shape index (κ3) is 2.95. The summed E-state index contributed by atoms with van der Waals surface area (Å²) < 4.78 is 27.5. The van der Waals surface area contributed by atoms with Crippen LogP contribution in [-0.2, 0) is 0 Å². The van der Waals surface area contributed by atoms with Crippen molar-refractivity contribution in [1.82, 2.24) is 5.16 Å². The van der Waals surface area contributed by atoms with Crippen LogP contribution < -0.4 is 18.9 Å². The molecule has 6 heteroatoms. The van der Waals surface area contributed by atoms with Gasteiger partial charge in [0.1, 0.15) is 11.4 Å². The van der Waals surface area contributed by atoms with Crippen molar-refractivity contribution >= 4 is 16.5 Å². The van der Waals surface area contributed by atoms with Crippen LogP contribution in [-0.4, -0.2) is 33.6 Å². The van der Waals surface area contributed by atoms with E-state index in [4.69, 9.17) is 23.5 Å². The molecule has 0 N–H and O–H groups in total. The van der Waals surface area contributed by atoms with Gasteiger partial charge < -0.3 is 23.5 Å². The lowest BCUT2D eigenvalue weighted by Crippen LogP contribution is -2.05. The summed E-state index contributed by atoms with van der Waals surface area (Å²) >= 11 is 0. The third-order valence-corrected chi connectivity index (χ3v) is 5.18. The lowest BCUT2D eigenvalue weighted by Gasteiger charge is -2.23. The van der Waals surface area contributed by atoms with Gasteiger partial charge in [0.05, 0.1) is 28.4 Å². The fourth-order valence-electron chi connectivity index (χ4n) is 3.56. The Bertz CT molecular complexity index is 1020. The lowest BCUT2D eigenvalue weighted by molar-refractivity contribution is 0.324. The van der Waals surface area contributed by atoms with Gasteiger partial charge in [-0.15, -0.1) is 0 Å². The molecule has 28 heavy (non-hydrogen) atoms. The lowest BCUT2D eigenvalue weighted by atomic mass is 9.83. The van der Waals surface area contributed by atoms with Crippen LogP contribution in [0, 0.1) is 0 Å². The van der Waals surface area contributed by atoms with Crippen LogP contribution in [0.15, 0.2) is 40.4 Å². The maximum absolute atomic E-state index is 5.62. The standard InChI is InChI=1S/C22H23NO5/c1-24-15-8-9-16-17(12-15)28-23-21(16)20(13-6-5-7-13)14-10-18(25-2)22(27-4)19(11-14)26-3/h8-12H,5-7H2,1-4H3. The maximum atomic E-state index is 5.62. The quantitative estimate of drug-likeness (QED) is 0.608. The molecule has 2 aromatic carbocycles. The van der Waals surface area contributed by atoms with Gasteiger partial charge in [-0.05, 0) is 49.1 Å². The van der Waals surface area contributed by atoms with Crippen LogP contribution in [0.4, 0.5) is 0 Å². The van der Waals surface area contributed by atoms with E-state index in [1.54, 1.807) is 28.4 Å². The first-order valence-electron chi connectivity index (χ1n) is 9.16. The predicted octanol–water partition coefficient (Wildman–Crippen LogP) is 4.85. The zero-order valence-corrected chi connectivity index (χ0v) is 16.5. The molecule has 1 aromatic heterocycles. The monoisotopic (exact) mass is 381 g/mol. The molecule has 1 fully saturated rings. The minimum Gasteiger partial charge on any atom is -0.497 e. The fourth-order valence-corrected chi connectivity index (χ4v) is 3.56. The van der Waals surface area contributed by atoms with Crippen molar-refractivity contribution < 1.29 is 23.5 Å². The SMILES string of the molecule is COc1ccc2c(C(=C3CCC3)c3cc(OC)c(OC)c(OC)c3)noc2c1. The highest BCUT2D eigenvalue weighted by molar-refractivity contribution is 5.96. The molecular weight excluding hydrogens is 358 g/mol. The Kier molecular flexibility index (Phi) is 4.86. The summed E-state index contributed by atoms with van der Waals surface area (Å²) in [7, 11) is 6.48. The summed E-state index contributed by atoms with van der Waals surface area (Å²) in [5.41, 5.74) is 4.89. The van der Waals surface area contributed by atoms with Crippen molar-refractivity contribution in [2.24, 2.45) is 0 Å². The number of hydrogen-bond donors (Lipinski definition) is 0. The first-order valence-corrected chi connectivity index (χ1v) is 9.16. The van der Waals surface area contributed by atoms with Crippen LogP contribution in [0.1, 0.15) is 30.5 Å². The van der Waals surface area contributed by atoms with Gasteiger partial charge in [0, 0.05) is 17.0 Å². The number of fused-ring (bicyclic) bond motifs is 1. The van der Waals surface area contributed by atoms with E-state index >= 15 is 0 Å². The summed E-state index contributed by atoms with van der Waals surface area (Å²) in [4.78, 5) is 0. The van der Waals surface area contributed by atoms with Gasteiger partial charge in [0.25, 0.3) is 0 Å². The van der Waals surface area contributed by atoms with E-state index in [-0.39, 0.29) is 0 Å². The van der Waals surface area contributed by atoms with Crippen molar-refractivity contribution in [2.75, 3.05) is 28.4 Å². The summed E-state index contributed by atoms with van der Waals surface area (Å²) in [5, 5.41) is 5.35. The van der Waals surface area contributed by atoms with E-state index in [2.05, 4.69) is 5.16 Å². The highest BCUT2D eigenvalue weighted by atomic mass is 16.5. The molecule has 0 atom stereocenters. The first kappa shape index (κ1) is 18.2. The molecule has 0 unspecified atom stereocenters. The van der Waals surface area contributed by atoms with E-state index in [1.165, 1.54) is 12.0 Å². The number of aromatic nitrogens is 1. The first-order chi connectivity index (χ1) is 13.7. The van der Waals surface area contributed by atoms with Crippen LogP contribution in [0.25, 0.3) is 16.5 Å². The minimum atomic E-state index is 0.571. The molecule has 0 bridgehead atoms. The van der Waals surface area contributed by atoms with Crippen molar-refractivity contribution in [3.05, 3.63) is 47.2 Å². The number of nitrogens with zero attached hydrogens (tertiary/aromatic N) is 1. The van der Waals surface area contributed by atoms with Gasteiger partial charge in [-0.1, -0.05) is 10.7 Å². The molecule has 0 saturated heterocycles. The van der Waals surface area contributed by atoms with Crippen LogP contribution >= 0.6 is 0 Å². The van der Waals surface area contributed by atoms with Gasteiger partial charge >= 0.3 is 0 Å². The van der Waals surface area contributed by atoms with Crippen molar-refractivity contribution in [1.29, 1.82) is 0 Å². The van der Waals surface area contributed by atoms with E-state index in [1.807, 2.05) is 30.3 Å². The molecule has 0 radical (unpaired) electrons. The molecule has 1 aliphatic rings. The molecule has 1 saturated carbocycles. The Hall–Kier alpha value is -3.15. The number of allylic oxidation sites excluding steroid dienone is 1. The van der Waals surface area contributed by atoms with E-state index < -0.39 is 0 Å². The van der Waals surface area contributed by atoms with Crippen molar-refractivity contribution in [2.45, 2.75) is 19.3 Å². The third-order valence-electron chi connectivity index (χ3n) is 5.18. The Morgan fingerprint density at radius 1 is 0.893 bits per heavy atom. The second-order valence-electron chi connectivity index (χ2n) is 6.64. The van der Waals surface area contributed by atoms with E-state index in [9.17, 15) is 0 Å². The van der Waals surface area contributed by atoms with Crippen LogP contribution in [0.3, 0.4) is 0 Å². The van der Waals surface area contributed by atoms with Gasteiger partial charge in [0.15, 0.2) is 17.1 Å². The summed E-state index contributed by atoms with van der Waals surface area (Å²) in [6, 6.07) is 9.68. The average molecular weight is 381 g/mol. The molecule has 146 valence electrons. The molecule has 4 rings (SSSR count). The van der Waals surface area contributed by atoms with Gasteiger partial charge in [-0.25, -0.2) is 0 Å². The minimum absolute atomic E-state index is 0.571. The topological polar surface area (TPSA) is 63.0 Å². The van der Waals surface area contributed by atoms with Crippen LogP contribution in [0.5, 0.6) is 23.0 Å². The van der Waals surface area contributed by atoms with Gasteiger partial charge in [-0.3, -0.25) is 0 Å². The summed E-state index contributed by atoms with van der Waals surface area (Å²) in [6.07, 6.45) is 3.25. The molecule has 0 amide bonds. The number of ether oxygens (including phenoxy) is 4. The molecule has 6 nitrogen and oxygen atoms in total. The smallest absolute Gasteiger partial charge is 0.203 e. The molecule has 1 heterocycles. The largest absolute Gasteiger partial charge is 0.497 e. The van der Waals surface area contributed by atoms with E-state index in [0.717, 1.165) is 40.8 Å². The Morgan fingerprint density at radius 2 is 1.61 bits per heavy atom. The van der Waals surface area contributed by atoms with Crippen molar-refractivity contribution in [3.8, 4) is 23.0 Å². The van der Waals surface area contributed by atoms with Crippen LogP contribution in [0.2, 0.25) is 0 Å². The highest BCUT2D eigenvalue weighted by Gasteiger charge is 2.25. The molecule has 0 aliphatic heterocycles. The molecule has 0 spiro atoms. The Balaban J connectivity index is 1.92. The maximum Gasteiger partial charge on any atom is 0.203 e. The normalized spacial score (nSPS) is 13.2. The predicted molar refractivity (Wildman–Crippen MR) is 107 cm³/mol. The Morgan fingerprint density at radius 3 is 2.14 bits per heavy atom. The molecule has 3 aromatic rings. The Labute approximate surface area is 163 Å². The van der Waals surface area contributed by atoms with Gasteiger partial charge in [0.2, 0.25) is 5.75 Å².